The second kappa shape index (κ2) is 16.6. The lowest BCUT2D eigenvalue weighted by atomic mass is 10.0. The summed E-state index contributed by atoms with van der Waals surface area (Å²) in [5.41, 5.74) is -2.46. The van der Waals surface area contributed by atoms with Crippen molar-refractivity contribution in [2.45, 2.75) is 97.5 Å². The number of pyridine rings is 1. The summed E-state index contributed by atoms with van der Waals surface area (Å²) in [5, 5.41) is 26.1. The average molecular weight is 729 g/mol. The monoisotopic (exact) mass is 728 g/mol. The minimum atomic E-state index is -4.92. The molecule has 0 saturated carbocycles. The first kappa shape index (κ1) is 41.8. The maximum atomic E-state index is 14.6. The second-order valence-electron chi connectivity index (χ2n) is 13.5. The summed E-state index contributed by atoms with van der Waals surface area (Å²) in [6.45, 7) is 13.1. The van der Waals surface area contributed by atoms with E-state index < -0.39 is 55.5 Å². The van der Waals surface area contributed by atoms with Crippen LogP contribution in [0.4, 0.5) is 19.3 Å². The molecule has 20 heteroatoms. The Balaban J connectivity index is 0.000000487. The number of phosphoric ester groups is 1. The van der Waals surface area contributed by atoms with Crippen LogP contribution in [-0.4, -0.2) is 94.7 Å². The lowest BCUT2D eigenvalue weighted by molar-refractivity contribution is -0.588. The number of fused-ring (bicyclic) bond motifs is 1. The van der Waals surface area contributed by atoms with Gasteiger partial charge in [-0.05, 0) is 62.3 Å². The van der Waals surface area contributed by atoms with Crippen LogP contribution in [0.5, 0.6) is 0 Å². The number of ether oxygens (including phenoxy) is 1. The number of amides is 2. The molecule has 2 amide bonds. The minimum Gasteiger partial charge on any atom is -0.444 e. The van der Waals surface area contributed by atoms with E-state index in [1.54, 1.807) is 31.4 Å². The molecule has 3 aromatic rings. The number of alkyl halides is 2. The van der Waals surface area contributed by atoms with Gasteiger partial charge in [-0.1, -0.05) is 4.98 Å². The third kappa shape index (κ3) is 13.2. The van der Waals surface area contributed by atoms with Crippen LogP contribution in [0.25, 0.3) is 17.0 Å². The van der Waals surface area contributed by atoms with E-state index in [-0.39, 0.29) is 18.2 Å². The molecular weight excluding hydrogens is 683 g/mol. The molecule has 2 atom stereocenters. The van der Waals surface area contributed by atoms with Gasteiger partial charge in [0.15, 0.2) is 5.52 Å². The van der Waals surface area contributed by atoms with Gasteiger partial charge < -0.3 is 35.6 Å². The topological polar surface area (TPSA) is 238 Å². The van der Waals surface area contributed by atoms with Crippen LogP contribution < -0.4 is 20.5 Å². The summed E-state index contributed by atoms with van der Waals surface area (Å²) in [4.78, 5) is 54.6. The summed E-state index contributed by atoms with van der Waals surface area (Å²) < 4.78 is 51.0. The Kier molecular flexibility index (Phi) is 13.9. The molecule has 50 heavy (non-hydrogen) atoms. The highest BCUT2D eigenvalue weighted by atomic mass is 31.2. The Hall–Kier alpha value is -4.34. The summed E-state index contributed by atoms with van der Waals surface area (Å²) in [6.07, 6.45) is 3.44. The molecular formula is C30H45F2N9O8P+. The molecule has 6 N–H and O–H groups in total. The fourth-order valence-corrected chi connectivity index (χ4v) is 4.62. The van der Waals surface area contributed by atoms with Crippen molar-refractivity contribution in [2.75, 3.05) is 18.4 Å². The van der Waals surface area contributed by atoms with Crippen molar-refractivity contribution in [3.8, 4) is 12.0 Å². The van der Waals surface area contributed by atoms with Crippen molar-refractivity contribution < 1.29 is 51.7 Å². The van der Waals surface area contributed by atoms with Crippen molar-refractivity contribution in [2.24, 2.45) is 0 Å². The standard InChI is InChI=1S/C20H24FN8O5P.C10H20FNO3/c1-12(2)27-14-5-17(29-11-25-15-8-28(9-22)10-26-18(15)29)23-6-13(14)19(30)24-7-16(21)20(3,4)34-35(31,32)33;1-9(2,3)15-8(13)12-6-7(11)10(4,5)14/h5-6,8,10-12,16H,7H2,1-4H3,(H3-,23,24,27,30,31,32,33);7,14H,6H2,1-5H3,(H,12,13)/p+1/t16-;7-/m11/s1. The number of rotatable bonds is 12. The van der Waals surface area contributed by atoms with E-state index in [0.29, 0.717) is 22.7 Å². The number of aromatic nitrogens is 5. The van der Waals surface area contributed by atoms with Gasteiger partial charge in [0, 0.05) is 23.6 Å². The van der Waals surface area contributed by atoms with Gasteiger partial charge in [-0.25, -0.2) is 28.1 Å². The molecule has 0 fully saturated rings. The molecule has 0 aliphatic carbocycles. The Bertz CT molecular complexity index is 1730. The zero-order valence-electron chi connectivity index (χ0n) is 29.3. The number of carbonyl (C=O) groups excluding carboxylic acids is 2. The van der Waals surface area contributed by atoms with Crippen LogP contribution >= 0.6 is 7.82 Å². The molecule has 0 unspecified atom stereocenters. The third-order valence-electron chi connectivity index (χ3n) is 6.42. The molecule has 0 aliphatic rings. The van der Waals surface area contributed by atoms with Gasteiger partial charge in [0.1, 0.15) is 41.9 Å². The fraction of sp³-hybridized carbons (Fsp3) is 0.567. The Morgan fingerprint density at radius 1 is 1.06 bits per heavy atom. The van der Waals surface area contributed by atoms with Gasteiger partial charge in [-0.3, -0.25) is 13.9 Å². The molecule has 0 aromatic carbocycles. The Labute approximate surface area is 288 Å². The van der Waals surface area contributed by atoms with Crippen molar-refractivity contribution in [1.82, 2.24) is 30.2 Å². The number of aliphatic hydroxyl groups is 1. The van der Waals surface area contributed by atoms with E-state index in [1.165, 1.54) is 57.3 Å². The van der Waals surface area contributed by atoms with Crippen molar-refractivity contribution in [3.05, 3.63) is 36.7 Å². The molecule has 0 bridgehead atoms. The molecule has 276 valence electrons. The number of alkyl carbamates (subject to hydrolysis) is 1. The van der Waals surface area contributed by atoms with Crippen molar-refractivity contribution in [3.63, 3.8) is 0 Å². The first-order valence-electron chi connectivity index (χ1n) is 15.3. The van der Waals surface area contributed by atoms with E-state index in [9.17, 15) is 28.0 Å². The SMILES string of the molecule is CC(C)(C)OC(=O)NC[C@@H](F)C(C)(C)O.CC(C)Nc1cc(-n2cnc3c[n+](C#N)cnc32)ncc1C(=O)NC[C@@H](F)C(C)(C)OP(=O)(O)O. The number of hydrogen-bond acceptors (Lipinski definition) is 11. The van der Waals surface area contributed by atoms with Gasteiger partial charge in [0.2, 0.25) is 12.0 Å². The molecule has 0 radical (unpaired) electrons. The maximum Gasteiger partial charge on any atom is 0.470 e. The summed E-state index contributed by atoms with van der Waals surface area (Å²) in [6, 6.07) is 1.55. The van der Waals surface area contributed by atoms with Crippen molar-refractivity contribution >= 4 is 36.7 Å². The van der Waals surface area contributed by atoms with Gasteiger partial charge in [0.25, 0.3) is 5.91 Å². The number of carbonyl (C=O) groups is 2. The van der Waals surface area contributed by atoms with Crippen LogP contribution in [0.3, 0.4) is 0 Å². The molecule has 17 nitrogen and oxygen atoms in total. The van der Waals surface area contributed by atoms with Gasteiger partial charge in [-0.15, -0.1) is 0 Å². The zero-order chi connectivity index (χ0) is 38.2. The maximum absolute atomic E-state index is 14.6. The largest absolute Gasteiger partial charge is 0.470 e. The zero-order valence-corrected chi connectivity index (χ0v) is 30.2. The predicted molar refractivity (Wildman–Crippen MR) is 176 cm³/mol. The van der Waals surface area contributed by atoms with Crippen LogP contribution in [0.2, 0.25) is 0 Å². The smallest absolute Gasteiger partial charge is 0.444 e. The van der Waals surface area contributed by atoms with E-state index in [0.717, 1.165) is 0 Å². The van der Waals surface area contributed by atoms with Crippen molar-refractivity contribution in [1.29, 1.82) is 5.26 Å². The molecule has 0 saturated heterocycles. The Morgan fingerprint density at radius 2 is 1.68 bits per heavy atom. The van der Waals surface area contributed by atoms with E-state index >= 15 is 0 Å². The highest BCUT2D eigenvalue weighted by molar-refractivity contribution is 7.46. The lowest BCUT2D eigenvalue weighted by Gasteiger charge is -2.29. The lowest BCUT2D eigenvalue weighted by Crippen LogP contribution is -2.43. The van der Waals surface area contributed by atoms with Gasteiger partial charge >= 0.3 is 20.1 Å². The minimum absolute atomic E-state index is 0.0615. The molecule has 3 aromatic heterocycles. The number of nitrogens with one attached hydrogen (secondary N) is 3. The number of nitriles is 1. The highest BCUT2D eigenvalue weighted by Gasteiger charge is 2.37. The number of phosphoric acid groups is 1. The van der Waals surface area contributed by atoms with Crippen LogP contribution in [0, 0.1) is 11.5 Å². The van der Waals surface area contributed by atoms with E-state index in [2.05, 4.69) is 35.4 Å². The molecule has 3 heterocycles. The number of anilines is 1. The molecule has 3 rings (SSSR count). The summed E-state index contributed by atoms with van der Waals surface area (Å²) >= 11 is 0. The second-order valence-corrected chi connectivity index (χ2v) is 14.6. The number of halogens is 2. The fourth-order valence-electron chi connectivity index (χ4n) is 3.89. The molecule has 0 spiro atoms. The number of imidazole rings is 1. The Morgan fingerprint density at radius 3 is 2.22 bits per heavy atom. The first-order chi connectivity index (χ1) is 22.8. The van der Waals surface area contributed by atoms with Gasteiger partial charge in [-0.2, -0.15) is 4.57 Å². The van der Waals surface area contributed by atoms with Gasteiger partial charge in [0.05, 0.1) is 29.9 Å². The van der Waals surface area contributed by atoms with E-state index in [1.807, 2.05) is 20.0 Å². The van der Waals surface area contributed by atoms with Crippen LogP contribution in [-0.2, 0) is 13.8 Å². The summed E-state index contributed by atoms with van der Waals surface area (Å²) in [7, 11) is -4.92. The number of nitrogens with zero attached hydrogens (tertiary/aromatic N) is 6. The van der Waals surface area contributed by atoms with Crippen LogP contribution in [0.15, 0.2) is 31.1 Å². The normalized spacial score (nSPS) is 13.5. The summed E-state index contributed by atoms with van der Waals surface area (Å²) in [5.74, 6) is -0.251. The number of hydrogen-bond donors (Lipinski definition) is 6. The third-order valence-corrected chi connectivity index (χ3v) is 7.13. The quantitative estimate of drug-likeness (QED) is 0.116. The first-order valence-corrected chi connectivity index (χ1v) is 16.8. The predicted octanol–water partition coefficient (Wildman–Crippen LogP) is 2.83. The van der Waals surface area contributed by atoms with Crippen LogP contribution in [0.1, 0.15) is 72.7 Å². The average Bonchev–Trinajstić information content (AvgIpc) is 3.39. The molecule has 0 aliphatic heterocycles. The van der Waals surface area contributed by atoms with E-state index in [4.69, 9.17) is 19.8 Å². The highest BCUT2D eigenvalue weighted by Crippen LogP contribution is 2.42.